The molecule has 20 heavy (non-hydrogen) atoms. The molecule has 1 aliphatic heterocycles. The highest BCUT2D eigenvalue weighted by Gasteiger charge is 2.18. The van der Waals surface area contributed by atoms with Crippen LogP contribution in [0.3, 0.4) is 0 Å². The molecule has 0 bridgehead atoms. The molecule has 3 rings (SSSR count). The second-order valence-corrected chi connectivity index (χ2v) is 5.85. The lowest BCUT2D eigenvalue weighted by atomic mass is 9.96. The first-order chi connectivity index (χ1) is 9.74. The Morgan fingerprint density at radius 2 is 2.05 bits per heavy atom. The van der Waals surface area contributed by atoms with Crippen molar-refractivity contribution in [3.63, 3.8) is 0 Å². The Morgan fingerprint density at radius 1 is 1.25 bits per heavy atom. The Balaban J connectivity index is 1.86. The van der Waals surface area contributed by atoms with Gasteiger partial charge in [-0.3, -0.25) is 4.68 Å². The van der Waals surface area contributed by atoms with E-state index in [1.165, 1.54) is 41.6 Å². The number of benzene rings is 1. The molecule has 2 aromatic rings. The minimum absolute atomic E-state index is 0.600. The number of hydrogen-bond acceptors (Lipinski definition) is 2. The van der Waals surface area contributed by atoms with Crippen LogP contribution in [0.15, 0.2) is 30.5 Å². The number of aryl methyl sites for hydroxylation is 2. The summed E-state index contributed by atoms with van der Waals surface area (Å²) in [5, 5.41) is 8.10. The van der Waals surface area contributed by atoms with Crippen molar-refractivity contribution in [3.8, 4) is 11.1 Å². The van der Waals surface area contributed by atoms with Crippen LogP contribution in [0.5, 0.6) is 0 Å². The summed E-state index contributed by atoms with van der Waals surface area (Å²) in [6, 6.07) is 9.34. The van der Waals surface area contributed by atoms with E-state index in [4.69, 9.17) is 0 Å². The van der Waals surface area contributed by atoms with Crippen LogP contribution in [0, 0.1) is 6.92 Å². The fourth-order valence-corrected chi connectivity index (χ4v) is 3.01. The van der Waals surface area contributed by atoms with E-state index in [-0.39, 0.29) is 0 Å². The van der Waals surface area contributed by atoms with Gasteiger partial charge in [0.1, 0.15) is 0 Å². The van der Waals surface area contributed by atoms with E-state index >= 15 is 0 Å². The Bertz CT molecular complexity index is 562. The molecule has 0 saturated carbocycles. The second-order valence-electron chi connectivity index (χ2n) is 5.85. The van der Waals surface area contributed by atoms with Crippen molar-refractivity contribution in [1.29, 1.82) is 0 Å². The first-order valence-electron chi connectivity index (χ1n) is 7.55. The highest BCUT2D eigenvalue weighted by atomic mass is 15.3. The Morgan fingerprint density at radius 3 is 2.75 bits per heavy atom. The van der Waals surface area contributed by atoms with Gasteiger partial charge in [-0.2, -0.15) is 5.10 Å². The highest BCUT2D eigenvalue weighted by Crippen LogP contribution is 2.25. The molecule has 1 unspecified atom stereocenters. The molecule has 1 fully saturated rings. The fourth-order valence-electron chi connectivity index (χ4n) is 3.01. The maximum Gasteiger partial charge on any atom is 0.0571 e. The zero-order valence-corrected chi connectivity index (χ0v) is 12.4. The van der Waals surface area contributed by atoms with Gasteiger partial charge in [0, 0.05) is 30.8 Å². The van der Waals surface area contributed by atoms with Crippen LogP contribution in [-0.4, -0.2) is 22.4 Å². The van der Waals surface area contributed by atoms with Gasteiger partial charge in [0.15, 0.2) is 0 Å². The van der Waals surface area contributed by atoms with Gasteiger partial charge in [-0.05, 0) is 31.9 Å². The van der Waals surface area contributed by atoms with Crippen LogP contribution >= 0.6 is 0 Å². The molecule has 106 valence electrons. The Kier molecular flexibility index (Phi) is 3.88. The van der Waals surface area contributed by atoms with Crippen LogP contribution in [0.1, 0.15) is 30.5 Å². The predicted molar refractivity (Wildman–Crippen MR) is 82.7 cm³/mol. The average molecular weight is 269 g/mol. The van der Waals surface area contributed by atoms with Crippen molar-refractivity contribution in [2.24, 2.45) is 7.05 Å². The quantitative estimate of drug-likeness (QED) is 0.928. The molecule has 1 atom stereocenters. The van der Waals surface area contributed by atoms with Crippen LogP contribution in [-0.2, 0) is 13.5 Å². The fraction of sp³-hybridized carbons (Fsp3) is 0.471. The molecule has 1 aromatic heterocycles. The lowest BCUT2D eigenvalue weighted by Gasteiger charge is -2.24. The van der Waals surface area contributed by atoms with Gasteiger partial charge >= 0.3 is 0 Å². The SMILES string of the molecule is Cc1ccc(-c2cnn(C)c2CC2CCCCN2)cc1. The molecule has 1 saturated heterocycles. The predicted octanol–water partition coefficient (Wildman–Crippen LogP) is 3.08. The van der Waals surface area contributed by atoms with Gasteiger partial charge in [-0.15, -0.1) is 0 Å². The summed E-state index contributed by atoms with van der Waals surface area (Å²) in [6.07, 6.45) is 7.00. The minimum Gasteiger partial charge on any atom is -0.314 e. The first kappa shape index (κ1) is 13.4. The molecule has 3 heteroatoms. The Hall–Kier alpha value is -1.61. The van der Waals surface area contributed by atoms with E-state index in [2.05, 4.69) is 48.7 Å². The molecule has 1 aliphatic rings. The molecule has 2 heterocycles. The van der Waals surface area contributed by atoms with E-state index in [1.807, 2.05) is 10.9 Å². The number of piperidine rings is 1. The summed E-state index contributed by atoms with van der Waals surface area (Å²) >= 11 is 0. The van der Waals surface area contributed by atoms with Crippen molar-refractivity contribution in [2.45, 2.75) is 38.6 Å². The molecular weight excluding hydrogens is 246 g/mol. The maximum atomic E-state index is 4.47. The number of rotatable bonds is 3. The van der Waals surface area contributed by atoms with Crippen molar-refractivity contribution in [2.75, 3.05) is 6.54 Å². The zero-order valence-electron chi connectivity index (χ0n) is 12.4. The van der Waals surface area contributed by atoms with Crippen LogP contribution in [0.4, 0.5) is 0 Å². The number of nitrogens with one attached hydrogen (secondary N) is 1. The first-order valence-corrected chi connectivity index (χ1v) is 7.55. The van der Waals surface area contributed by atoms with Crippen molar-refractivity contribution >= 4 is 0 Å². The third-order valence-corrected chi connectivity index (χ3v) is 4.28. The van der Waals surface area contributed by atoms with Crippen LogP contribution in [0.25, 0.3) is 11.1 Å². The van der Waals surface area contributed by atoms with E-state index in [0.29, 0.717) is 6.04 Å². The van der Waals surface area contributed by atoms with Gasteiger partial charge in [0.2, 0.25) is 0 Å². The van der Waals surface area contributed by atoms with E-state index in [0.717, 1.165) is 13.0 Å². The van der Waals surface area contributed by atoms with Crippen molar-refractivity contribution < 1.29 is 0 Å². The molecule has 1 aromatic carbocycles. The van der Waals surface area contributed by atoms with Crippen LogP contribution < -0.4 is 5.32 Å². The summed E-state index contributed by atoms with van der Waals surface area (Å²) in [5.74, 6) is 0. The van der Waals surface area contributed by atoms with Gasteiger partial charge < -0.3 is 5.32 Å². The topological polar surface area (TPSA) is 29.9 Å². The lowest BCUT2D eigenvalue weighted by molar-refractivity contribution is 0.393. The standard InChI is InChI=1S/C17H23N3/c1-13-6-8-14(9-7-13)16-12-19-20(2)17(16)11-15-5-3-4-10-18-15/h6-9,12,15,18H,3-5,10-11H2,1-2H3. The maximum absolute atomic E-state index is 4.47. The van der Waals surface area contributed by atoms with Crippen molar-refractivity contribution in [1.82, 2.24) is 15.1 Å². The third kappa shape index (κ3) is 2.78. The second kappa shape index (κ2) is 5.80. The monoisotopic (exact) mass is 269 g/mol. The van der Waals surface area contributed by atoms with Crippen molar-refractivity contribution in [3.05, 3.63) is 41.7 Å². The normalized spacial score (nSPS) is 19.2. The summed E-state index contributed by atoms with van der Waals surface area (Å²) in [7, 11) is 2.05. The molecular formula is C17H23N3. The number of aromatic nitrogens is 2. The van der Waals surface area contributed by atoms with Gasteiger partial charge in [0.05, 0.1) is 6.20 Å². The zero-order chi connectivity index (χ0) is 13.9. The van der Waals surface area contributed by atoms with Crippen LogP contribution in [0.2, 0.25) is 0 Å². The smallest absolute Gasteiger partial charge is 0.0571 e. The third-order valence-electron chi connectivity index (χ3n) is 4.28. The minimum atomic E-state index is 0.600. The van der Waals surface area contributed by atoms with Gasteiger partial charge in [0.25, 0.3) is 0 Å². The molecule has 0 amide bonds. The molecule has 1 N–H and O–H groups in total. The summed E-state index contributed by atoms with van der Waals surface area (Å²) in [4.78, 5) is 0. The largest absolute Gasteiger partial charge is 0.314 e. The van der Waals surface area contributed by atoms with E-state index in [9.17, 15) is 0 Å². The number of nitrogens with zero attached hydrogens (tertiary/aromatic N) is 2. The summed E-state index contributed by atoms with van der Waals surface area (Å²) in [6.45, 7) is 3.28. The number of hydrogen-bond donors (Lipinski definition) is 1. The summed E-state index contributed by atoms with van der Waals surface area (Å²) < 4.78 is 2.03. The lowest BCUT2D eigenvalue weighted by Crippen LogP contribution is -2.36. The highest BCUT2D eigenvalue weighted by molar-refractivity contribution is 5.65. The van der Waals surface area contributed by atoms with E-state index < -0.39 is 0 Å². The summed E-state index contributed by atoms with van der Waals surface area (Å²) in [5.41, 5.74) is 5.19. The molecule has 0 spiro atoms. The molecule has 0 aliphatic carbocycles. The average Bonchev–Trinajstić information content (AvgIpc) is 2.83. The Labute approximate surface area is 121 Å². The molecule has 3 nitrogen and oxygen atoms in total. The van der Waals surface area contributed by atoms with E-state index in [1.54, 1.807) is 0 Å². The molecule has 0 radical (unpaired) electrons. The van der Waals surface area contributed by atoms with Gasteiger partial charge in [-0.25, -0.2) is 0 Å². The van der Waals surface area contributed by atoms with Gasteiger partial charge in [-0.1, -0.05) is 36.2 Å².